The summed E-state index contributed by atoms with van der Waals surface area (Å²) >= 11 is 15.3. The van der Waals surface area contributed by atoms with Gasteiger partial charge < -0.3 is 5.32 Å². The smallest absolute Gasteiger partial charge is 0.264 e. The maximum absolute atomic E-state index is 12.9. The molecule has 10 heteroatoms. The van der Waals surface area contributed by atoms with Crippen molar-refractivity contribution in [2.45, 2.75) is 15.5 Å². The fraction of sp³-hybridized carbons (Fsp3) is 0.208. The number of hydrogen-bond donors (Lipinski definition) is 1. The molecule has 0 saturated heterocycles. The molecule has 180 valence electrons. The largest absolute Gasteiger partial charge is 0.351 e. The molecule has 34 heavy (non-hydrogen) atoms. The van der Waals surface area contributed by atoms with Gasteiger partial charge in [-0.1, -0.05) is 29.3 Å². The first-order valence-corrected chi connectivity index (χ1v) is 14.8. The maximum atomic E-state index is 12.9. The van der Waals surface area contributed by atoms with Crippen molar-refractivity contribution in [3.8, 4) is 0 Å². The Kier molecular flexibility index (Phi) is 9.62. The molecule has 0 radical (unpaired) electrons. The van der Waals surface area contributed by atoms with E-state index >= 15 is 0 Å². The zero-order valence-electron chi connectivity index (χ0n) is 18.6. The van der Waals surface area contributed by atoms with Crippen molar-refractivity contribution in [1.82, 2.24) is 5.32 Å². The van der Waals surface area contributed by atoms with Gasteiger partial charge in [0.25, 0.3) is 15.9 Å². The maximum Gasteiger partial charge on any atom is 0.264 e. The van der Waals surface area contributed by atoms with Gasteiger partial charge >= 0.3 is 0 Å². The van der Waals surface area contributed by atoms with E-state index in [0.29, 0.717) is 27.8 Å². The van der Waals surface area contributed by atoms with E-state index < -0.39 is 10.0 Å². The van der Waals surface area contributed by atoms with Crippen LogP contribution in [0.3, 0.4) is 0 Å². The number of nitrogens with one attached hydrogen (secondary N) is 1. The third kappa shape index (κ3) is 6.86. The summed E-state index contributed by atoms with van der Waals surface area (Å²) in [7, 11) is -2.20. The van der Waals surface area contributed by atoms with E-state index in [2.05, 4.69) is 5.32 Å². The molecule has 0 spiro atoms. The number of nitrogens with zero attached hydrogens (tertiary/aromatic N) is 1. The minimum absolute atomic E-state index is 0.213. The predicted molar refractivity (Wildman–Crippen MR) is 145 cm³/mol. The SMILES string of the molecule is CSc1ccc(S(=O)(=O)N(C)c2ccc(C(=O)NCCSCc3ccc(Cl)cc3Cl)cc2)cc1. The van der Waals surface area contributed by atoms with Crippen molar-refractivity contribution in [3.63, 3.8) is 0 Å². The number of carbonyl (C=O) groups excluding carboxylic acids is 1. The zero-order chi connectivity index (χ0) is 24.7. The van der Waals surface area contributed by atoms with Crippen LogP contribution in [0, 0.1) is 0 Å². The zero-order valence-corrected chi connectivity index (χ0v) is 22.6. The van der Waals surface area contributed by atoms with E-state index in [-0.39, 0.29) is 10.8 Å². The standard InChI is InChI=1S/C24H24Cl2N2O3S3/c1-28(34(30,31)22-11-9-21(32-2)10-12-22)20-7-4-17(5-8-20)24(29)27-13-14-33-16-18-3-6-19(25)15-23(18)26/h3-12,15H,13-14,16H2,1-2H3,(H,27,29). The second kappa shape index (κ2) is 12.2. The summed E-state index contributed by atoms with van der Waals surface area (Å²) in [5.41, 5.74) is 1.93. The molecule has 0 aliphatic rings. The summed E-state index contributed by atoms with van der Waals surface area (Å²) in [5, 5.41) is 4.11. The van der Waals surface area contributed by atoms with Crippen LogP contribution in [0.15, 0.2) is 76.5 Å². The highest BCUT2D eigenvalue weighted by Crippen LogP contribution is 2.25. The molecule has 0 atom stereocenters. The number of rotatable bonds is 10. The van der Waals surface area contributed by atoms with Gasteiger partial charge in [0, 0.05) is 45.6 Å². The van der Waals surface area contributed by atoms with Crippen molar-refractivity contribution in [2.75, 3.05) is 29.9 Å². The van der Waals surface area contributed by atoms with Gasteiger partial charge in [0.15, 0.2) is 0 Å². The molecule has 0 heterocycles. The average Bonchev–Trinajstić information content (AvgIpc) is 2.84. The van der Waals surface area contributed by atoms with E-state index in [1.165, 1.54) is 11.4 Å². The molecular formula is C24H24Cl2N2O3S3. The Balaban J connectivity index is 1.52. The van der Waals surface area contributed by atoms with Gasteiger partial charge in [0.1, 0.15) is 0 Å². The Morgan fingerprint density at radius 3 is 2.29 bits per heavy atom. The van der Waals surface area contributed by atoms with E-state index in [0.717, 1.165) is 22.0 Å². The second-order valence-electron chi connectivity index (χ2n) is 7.24. The van der Waals surface area contributed by atoms with Gasteiger partial charge in [0.2, 0.25) is 0 Å². The van der Waals surface area contributed by atoms with Crippen molar-refractivity contribution in [3.05, 3.63) is 87.9 Å². The average molecular weight is 556 g/mol. The highest BCUT2D eigenvalue weighted by Gasteiger charge is 2.21. The molecule has 0 saturated carbocycles. The van der Waals surface area contributed by atoms with Gasteiger partial charge in [-0.3, -0.25) is 9.10 Å². The number of amides is 1. The molecule has 0 bridgehead atoms. The lowest BCUT2D eigenvalue weighted by molar-refractivity contribution is 0.0956. The fourth-order valence-electron chi connectivity index (χ4n) is 3.03. The number of hydrogen-bond acceptors (Lipinski definition) is 5. The van der Waals surface area contributed by atoms with Crippen LogP contribution >= 0.6 is 46.7 Å². The monoisotopic (exact) mass is 554 g/mol. The topological polar surface area (TPSA) is 66.5 Å². The van der Waals surface area contributed by atoms with E-state index in [9.17, 15) is 13.2 Å². The van der Waals surface area contributed by atoms with Gasteiger partial charge in [-0.15, -0.1) is 11.8 Å². The van der Waals surface area contributed by atoms with Crippen LogP contribution in [0.5, 0.6) is 0 Å². The summed E-state index contributed by atoms with van der Waals surface area (Å²) in [5.74, 6) is 1.23. The van der Waals surface area contributed by atoms with E-state index in [1.807, 2.05) is 12.3 Å². The van der Waals surface area contributed by atoms with Crippen LogP contribution in [0.4, 0.5) is 5.69 Å². The molecule has 3 rings (SSSR count). The Hall–Kier alpha value is -1.84. The summed E-state index contributed by atoms with van der Waals surface area (Å²) in [4.78, 5) is 13.6. The van der Waals surface area contributed by atoms with Gasteiger partial charge in [0.05, 0.1) is 10.6 Å². The molecule has 3 aromatic carbocycles. The van der Waals surface area contributed by atoms with Crippen molar-refractivity contribution in [2.24, 2.45) is 0 Å². The van der Waals surface area contributed by atoms with Crippen molar-refractivity contribution >= 4 is 68.3 Å². The summed E-state index contributed by atoms with van der Waals surface area (Å²) in [6.45, 7) is 0.497. The first-order chi connectivity index (χ1) is 16.2. The summed E-state index contributed by atoms with van der Waals surface area (Å²) in [6, 6.07) is 18.7. The first kappa shape index (κ1) is 26.8. The normalized spacial score (nSPS) is 11.3. The minimum Gasteiger partial charge on any atom is -0.351 e. The van der Waals surface area contributed by atoms with Crippen molar-refractivity contribution in [1.29, 1.82) is 0 Å². The van der Waals surface area contributed by atoms with Crippen LogP contribution < -0.4 is 9.62 Å². The highest BCUT2D eigenvalue weighted by atomic mass is 35.5. The number of thioether (sulfide) groups is 2. The van der Waals surface area contributed by atoms with Crippen LogP contribution in [0.2, 0.25) is 10.0 Å². The van der Waals surface area contributed by atoms with Crippen LogP contribution in [0.1, 0.15) is 15.9 Å². The van der Waals surface area contributed by atoms with E-state index in [4.69, 9.17) is 23.2 Å². The Labute approximate surface area is 219 Å². The fourth-order valence-corrected chi connectivity index (χ4v) is 6.05. The van der Waals surface area contributed by atoms with Crippen LogP contribution in [0.25, 0.3) is 0 Å². The quantitative estimate of drug-likeness (QED) is 0.238. The number of carbonyl (C=O) groups is 1. The lowest BCUT2D eigenvalue weighted by Gasteiger charge is -2.20. The minimum atomic E-state index is -3.70. The number of sulfonamides is 1. The molecule has 0 fully saturated rings. The van der Waals surface area contributed by atoms with Gasteiger partial charge in [-0.25, -0.2) is 8.42 Å². The van der Waals surface area contributed by atoms with Crippen molar-refractivity contribution < 1.29 is 13.2 Å². The molecule has 0 unspecified atom stereocenters. The molecule has 1 amide bonds. The predicted octanol–water partition coefficient (Wildman–Crippen LogP) is 6.20. The van der Waals surface area contributed by atoms with Gasteiger partial charge in [-0.05, 0) is 72.5 Å². The Morgan fingerprint density at radius 2 is 1.68 bits per heavy atom. The molecule has 3 aromatic rings. The summed E-state index contributed by atoms with van der Waals surface area (Å²) < 4.78 is 27.0. The summed E-state index contributed by atoms with van der Waals surface area (Å²) in [6.07, 6.45) is 1.93. The molecular weight excluding hydrogens is 531 g/mol. The molecule has 0 aliphatic heterocycles. The Morgan fingerprint density at radius 1 is 1.00 bits per heavy atom. The van der Waals surface area contributed by atoms with Gasteiger partial charge in [-0.2, -0.15) is 11.8 Å². The second-order valence-corrected chi connectivity index (χ2v) is 12.0. The third-order valence-electron chi connectivity index (χ3n) is 5.02. The third-order valence-corrected chi connectivity index (χ3v) is 9.15. The number of benzene rings is 3. The lowest BCUT2D eigenvalue weighted by atomic mass is 10.2. The number of anilines is 1. The molecule has 5 nitrogen and oxygen atoms in total. The van der Waals surface area contributed by atoms with Crippen LogP contribution in [-0.4, -0.2) is 39.9 Å². The lowest BCUT2D eigenvalue weighted by Crippen LogP contribution is -2.27. The van der Waals surface area contributed by atoms with E-state index in [1.54, 1.807) is 84.2 Å². The molecule has 0 aliphatic carbocycles. The van der Waals surface area contributed by atoms with Crippen LogP contribution in [-0.2, 0) is 15.8 Å². The molecule has 0 aromatic heterocycles. The molecule has 1 N–H and O–H groups in total. The highest BCUT2D eigenvalue weighted by molar-refractivity contribution is 7.98. The first-order valence-electron chi connectivity index (χ1n) is 10.3. The number of halogens is 2. The Bertz CT molecular complexity index is 1240.